The van der Waals surface area contributed by atoms with Gasteiger partial charge in [-0.1, -0.05) is 12.7 Å². The van der Waals surface area contributed by atoms with Gasteiger partial charge in [0.15, 0.2) is 6.29 Å². The fraction of sp³-hybridized carbons (Fsp3) is 0.400. The zero-order chi connectivity index (χ0) is 5.91. The van der Waals surface area contributed by atoms with Crippen LogP contribution in [0.4, 0.5) is 0 Å². The second-order valence-electron chi connectivity index (χ2n) is 1.55. The van der Waals surface area contributed by atoms with Gasteiger partial charge in [-0.05, 0) is 6.92 Å². The molecule has 0 aromatic rings. The molecule has 0 saturated carbocycles. The summed E-state index contributed by atoms with van der Waals surface area (Å²) >= 11 is 0. The van der Waals surface area contributed by atoms with Gasteiger partial charge in [0.25, 0.3) is 0 Å². The molecule has 40 valence electrons. The maximum Gasteiger partial charge on any atom is 0.155 e. The lowest BCUT2D eigenvalue weighted by Gasteiger charge is -2.05. The topological polar surface area (TPSA) is 37.3 Å². The average molecular weight is 100 g/mol. The second kappa shape index (κ2) is 1.89. The van der Waals surface area contributed by atoms with E-state index in [2.05, 4.69) is 6.58 Å². The molecule has 7 heavy (non-hydrogen) atoms. The van der Waals surface area contributed by atoms with Crippen molar-refractivity contribution in [3.63, 3.8) is 0 Å². The predicted molar refractivity (Wildman–Crippen MR) is 26.9 cm³/mol. The molecular weight excluding hydrogens is 92.1 g/mol. The van der Waals surface area contributed by atoms with Gasteiger partial charge in [0.05, 0.1) is 0 Å². The number of rotatable bonds is 2. The van der Waals surface area contributed by atoms with Gasteiger partial charge in [0.2, 0.25) is 0 Å². The molecule has 0 aromatic heterocycles. The summed E-state index contributed by atoms with van der Waals surface area (Å²) in [5.41, 5.74) is -1.33. The van der Waals surface area contributed by atoms with Crippen LogP contribution < -0.4 is 0 Å². The molecule has 0 aliphatic rings. The fourth-order valence-electron chi connectivity index (χ4n) is 0.0481. The van der Waals surface area contributed by atoms with Crippen molar-refractivity contribution in [1.82, 2.24) is 0 Å². The number of aliphatic hydroxyl groups is 1. The summed E-state index contributed by atoms with van der Waals surface area (Å²) in [6.45, 7) is 4.59. The van der Waals surface area contributed by atoms with E-state index >= 15 is 0 Å². The van der Waals surface area contributed by atoms with Crippen molar-refractivity contribution in [2.45, 2.75) is 12.5 Å². The minimum absolute atomic E-state index is 0.431. The van der Waals surface area contributed by atoms with Crippen LogP contribution in [0.2, 0.25) is 0 Å². The molecule has 0 amide bonds. The van der Waals surface area contributed by atoms with Crippen LogP contribution in [0.1, 0.15) is 6.92 Å². The summed E-state index contributed by atoms with van der Waals surface area (Å²) in [5.74, 6) is 0. The Morgan fingerprint density at radius 1 is 1.86 bits per heavy atom. The fourth-order valence-corrected chi connectivity index (χ4v) is 0.0481. The lowest BCUT2D eigenvalue weighted by molar-refractivity contribution is -0.118. The quantitative estimate of drug-likeness (QED) is 0.395. The molecule has 2 heteroatoms. The maximum atomic E-state index is 9.74. The third-order valence-electron chi connectivity index (χ3n) is 0.652. The maximum absolute atomic E-state index is 9.74. The zero-order valence-electron chi connectivity index (χ0n) is 4.22. The Morgan fingerprint density at radius 2 is 2.29 bits per heavy atom. The average Bonchev–Trinajstić information content (AvgIpc) is 1.68. The van der Waals surface area contributed by atoms with Gasteiger partial charge in [0.1, 0.15) is 5.60 Å². The van der Waals surface area contributed by atoms with Crippen LogP contribution in [0.3, 0.4) is 0 Å². The summed E-state index contributed by atoms with van der Waals surface area (Å²) in [7, 11) is 0. The molecule has 2 nitrogen and oxygen atoms in total. The normalized spacial score (nSPS) is 17.4. The summed E-state index contributed by atoms with van der Waals surface area (Å²) in [6.07, 6.45) is 1.61. The van der Waals surface area contributed by atoms with E-state index in [0.29, 0.717) is 6.29 Å². The Kier molecular flexibility index (Phi) is 1.72. The smallest absolute Gasteiger partial charge is 0.155 e. The number of aldehydes is 1. The van der Waals surface area contributed by atoms with Crippen molar-refractivity contribution in [3.05, 3.63) is 12.7 Å². The molecule has 1 unspecified atom stereocenters. The summed E-state index contributed by atoms with van der Waals surface area (Å²) in [6, 6.07) is 0. The minimum atomic E-state index is -1.33. The SMILES string of the molecule is C=CC(C)(O)C=O. The van der Waals surface area contributed by atoms with E-state index in [-0.39, 0.29) is 0 Å². The van der Waals surface area contributed by atoms with Crippen LogP contribution in [-0.2, 0) is 4.79 Å². The molecule has 0 saturated heterocycles. The van der Waals surface area contributed by atoms with E-state index in [1.165, 1.54) is 13.0 Å². The monoisotopic (exact) mass is 100 g/mol. The highest BCUT2D eigenvalue weighted by molar-refractivity contribution is 5.64. The van der Waals surface area contributed by atoms with Crippen molar-refractivity contribution in [2.24, 2.45) is 0 Å². The molecule has 0 fully saturated rings. The van der Waals surface area contributed by atoms with Gasteiger partial charge >= 0.3 is 0 Å². The van der Waals surface area contributed by atoms with E-state index in [1.54, 1.807) is 0 Å². The molecular formula is C5H8O2. The third-order valence-corrected chi connectivity index (χ3v) is 0.652. The Morgan fingerprint density at radius 3 is 2.29 bits per heavy atom. The van der Waals surface area contributed by atoms with E-state index in [1.807, 2.05) is 0 Å². The van der Waals surface area contributed by atoms with Crippen molar-refractivity contribution >= 4 is 6.29 Å². The second-order valence-corrected chi connectivity index (χ2v) is 1.55. The van der Waals surface area contributed by atoms with Crippen LogP contribution in [0.25, 0.3) is 0 Å². The Hall–Kier alpha value is -0.630. The standard InChI is InChI=1S/C5H8O2/c1-3-5(2,7)4-6/h3-4,7H,1H2,2H3. The van der Waals surface area contributed by atoms with E-state index in [4.69, 9.17) is 5.11 Å². The first kappa shape index (κ1) is 6.37. The summed E-state index contributed by atoms with van der Waals surface area (Å²) in [4.78, 5) is 9.74. The highest BCUT2D eigenvalue weighted by atomic mass is 16.3. The minimum Gasteiger partial charge on any atom is -0.379 e. The molecule has 1 N–H and O–H groups in total. The largest absolute Gasteiger partial charge is 0.379 e. The molecule has 0 heterocycles. The van der Waals surface area contributed by atoms with Gasteiger partial charge in [-0.25, -0.2) is 0 Å². The molecule has 0 radical (unpaired) electrons. The number of carbonyl (C=O) groups is 1. The van der Waals surface area contributed by atoms with Gasteiger partial charge in [0, 0.05) is 0 Å². The number of carbonyl (C=O) groups excluding carboxylic acids is 1. The van der Waals surface area contributed by atoms with Gasteiger partial charge in [-0.3, -0.25) is 4.79 Å². The van der Waals surface area contributed by atoms with Crippen LogP contribution in [-0.4, -0.2) is 17.0 Å². The van der Waals surface area contributed by atoms with Crippen molar-refractivity contribution in [2.75, 3.05) is 0 Å². The molecule has 0 spiro atoms. The molecule has 0 aliphatic carbocycles. The van der Waals surface area contributed by atoms with Crippen LogP contribution in [0.5, 0.6) is 0 Å². The van der Waals surface area contributed by atoms with E-state index in [0.717, 1.165) is 0 Å². The van der Waals surface area contributed by atoms with Crippen LogP contribution in [0, 0.1) is 0 Å². The Labute approximate surface area is 42.5 Å². The first-order chi connectivity index (χ1) is 3.12. The van der Waals surface area contributed by atoms with Gasteiger partial charge in [-0.2, -0.15) is 0 Å². The molecule has 1 atom stereocenters. The summed E-state index contributed by atoms with van der Waals surface area (Å²) < 4.78 is 0. The van der Waals surface area contributed by atoms with Gasteiger partial charge < -0.3 is 5.11 Å². The van der Waals surface area contributed by atoms with E-state index < -0.39 is 5.60 Å². The third kappa shape index (κ3) is 2.11. The molecule has 0 rings (SSSR count). The van der Waals surface area contributed by atoms with Crippen molar-refractivity contribution < 1.29 is 9.90 Å². The van der Waals surface area contributed by atoms with Crippen molar-refractivity contribution in [1.29, 1.82) is 0 Å². The van der Waals surface area contributed by atoms with E-state index in [9.17, 15) is 4.79 Å². The zero-order valence-corrected chi connectivity index (χ0v) is 4.22. The Balaban J connectivity index is 3.82. The molecule has 0 aromatic carbocycles. The highest BCUT2D eigenvalue weighted by Gasteiger charge is 2.10. The predicted octanol–water partition coefficient (Wildman–Crippen LogP) is 0.122. The lowest BCUT2D eigenvalue weighted by Crippen LogP contribution is -2.21. The van der Waals surface area contributed by atoms with Crippen molar-refractivity contribution in [3.8, 4) is 0 Å². The highest BCUT2D eigenvalue weighted by Crippen LogP contribution is 1.96. The first-order valence-electron chi connectivity index (χ1n) is 1.94. The van der Waals surface area contributed by atoms with Crippen LogP contribution >= 0.6 is 0 Å². The number of hydrogen-bond acceptors (Lipinski definition) is 2. The lowest BCUT2D eigenvalue weighted by atomic mass is 10.1. The Bertz CT molecular complexity index is 74.1. The van der Waals surface area contributed by atoms with Gasteiger partial charge in [-0.15, -0.1) is 0 Å². The molecule has 0 aliphatic heterocycles. The first-order valence-corrected chi connectivity index (χ1v) is 1.94. The number of hydrogen-bond donors (Lipinski definition) is 1. The molecule has 0 bridgehead atoms. The summed E-state index contributed by atoms with van der Waals surface area (Å²) in [5, 5.41) is 8.65. The van der Waals surface area contributed by atoms with Crippen LogP contribution in [0.15, 0.2) is 12.7 Å².